The first-order valence-electron chi connectivity index (χ1n) is 5.06. The third-order valence-corrected chi connectivity index (χ3v) is 3.15. The van der Waals surface area contributed by atoms with Crippen LogP contribution in [0.25, 0.3) is 10.9 Å². The fourth-order valence-corrected chi connectivity index (χ4v) is 2.63. The smallest absolute Gasteiger partial charge is 0.0750 e. The summed E-state index contributed by atoms with van der Waals surface area (Å²) in [6.45, 7) is 2.10. The summed E-state index contributed by atoms with van der Waals surface area (Å²) in [7, 11) is 0. The number of halogens is 3. The van der Waals surface area contributed by atoms with Gasteiger partial charge in [0.15, 0.2) is 0 Å². The van der Waals surface area contributed by atoms with Crippen molar-refractivity contribution in [2.75, 3.05) is 0 Å². The van der Waals surface area contributed by atoms with Crippen LogP contribution in [0.2, 0.25) is 15.1 Å². The molecule has 0 atom stereocenters. The summed E-state index contributed by atoms with van der Waals surface area (Å²) in [5, 5.41) is 2.53. The molecule has 0 unspecified atom stereocenters. The van der Waals surface area contributed by atoms with Crippen molar-refractivity contribution in [2.45, 2.75) is 19.8 Å². The van der Waals surface area contributed by atoms with E-state index in [4.69, 9.17) is 34.8 Å². The molecule has 0 aliphatic rings. The van der Waals surface area contributed by atoms with Crippen LogP contribution in [0.3, 0.4) is 0 Å². The van der Waals surface area contributed by atoms with Gasteiger partial charge in [0.2, 0.25) is 0 Å². The first-order chi connectivity index (χ1) is 7.61. The van der Waals surface area contributed by atoms with Crippen molar-refractivity contribution in [2.24, 2.45) is 0 Å². The van der Waals surface area contributed by atoms with Gasteiger partial charge in [-0.2, -0.15) is 0 Å². The number of aromatic nitrogens is 1. The number of nitrogens with zero attached hydrogens (tertiary/aromatic N) is 1. The van der Waals surface area contributed by atoms with Gasteiger partial charge in [-0.15, -0.1) is 0 Å². The average molecular weight is 275 g/mol. The van der Waals surface area contributed by atoms with Crippen molar-refractivity contribution in [3.05, 3.63) is 39.0 Å². The molecule has 4 heteroatoms. The quantitative estimate of drug-likeness (QED) is 0.738. The molecule has 0 spiro atoms. The Morgan fingerprint density at radius 3 is 2.44 bits per heavy atom. The van der Waals surface area contributed by atoms with Crippen molar-refractivity contribution in [3.8, 4) is 0 Å². The van der Waals surface area contributed by atoms with E-state index in [1.54, 1.807) is 12.1 Å². The highest BCUT2D eigenvalue weighted by Gasteiger charge is 2.08. The Morgan fingerprint density at radius 2 is 1.75 bits per heavy atom. The van der Waals surface area contributed by atoms with Crippen LogP contribution in [0.4, 0.5) is 0 Å². The Kier molecular flexibility index (Phi) is 3.58. The SMILES string of the molecule is CCCc1cc(Cl)c2c(Cl)cc(Cl)cc2n1. The van der Waals surface area contributed by atoms with E-state index in [1.807, 2.05) is 6.07 Å². The molecule has 0 saturated carbocycles. The lowest BCUT2D eigenvalue weighted by molar-refractivity contribution is 0.890. The Balaban J connectivity index is 2.71. The van der Waals surface area contributed by atoms with Gasteiger partial charge in [-0.05, 0) is 24.6 Å². The molecular formula is C12H10Cl3N. The predicted molar refractivity (Wildman–Crippen MR) is 70.8 cm³/mol. The first-order valence-corrected chi connectivity index (χ1v) is 6.19. The summed E-state index contributed by atoms with van der Waals surface area (Å²) in [6, 6.07) is 5.33. The molecule has 0 bridgehead atoms. The summed E-state index contributed by atoms with van der Waals surface area (Å²) < 4.78 is 0. The van der Waals surface area contributed by atoms with E-state index in [0.717, 1.165) is 29.4 Å². The van der Waals surface area contributed by atoms with Crippen LogP contribution in [0.15, 0.2) is 18.2 Å². The van der Waals surface area contributed by atoms with E-state index in [9.17, 15) is 0 Å². The second-order valence-electron chi connectivity index (χ2n) is 3.63. The summed E-state index contributed by atoms with van der Waals surface area (Å²) in [4.78, 5) is 4.49. The summed E-state index contributed by atoms with van der Waals surface area (Å²) >= 11 is 18.2. The molecule has 1 heterocycles. The number of fused-ring (bicyclic) bond motifs is 1. The van der Waals surface area contributed by atoms with E-state index in [0.29, 0.717) is 15.1 Å². The van der Waals surface area contributed by atoms with Gasteiger partial charge in [0, 0.05) is 16.1 Å². The summed E-state index contributed by atoms with van der Waals surface area (Å²) in [5.74, 6) is 0. The number of benzene rings is 1. The highest BCUT2D eigenvalue weighted by molar-refractivity contribution is 6.43. The Morgan fingerprint density at radius 1 is 1.06 bits per heavy atom. The highest BCUT2D eigenvalue weighted by atomic mass is 35.5. The standard InChI is InChI=1S/C12H10Cl3N/c1-2-3-8-6-10(15)12-9(14)4-7(13)5-11(12)16-8/h4-6H,2-3H2,1H3. The Labute approximate surface area is 109 Å². The Hall–Kier alpha value is -0.500. The lowest BCUT2D eigenvalue weighted by Crippen LogP contribution is -1.91. The lowest BCUT2D eigenvalue weighted by Gasteiger charge is -2.06. The van der Waals surface area contributed by atoms with Gasteiger partial charge in [0.05, 0.1) is 15.6 Å². The molecule has 0 radical (unpaired) electrons. The third-order valence-electron chi connectivity index (χ3n) is 2.34. The van der Waals surface area contributed by atoms with Gasteiger partial charge in [0.1, 0.15) is 0 Å². The van der Waals surface area contributed by atoms with E-state index in [-0.39, 0.29) is 0 Å². The maximum Gasteiger partial charge on any atom is 0.0750 e. The Bertz CT molecular complexity index is 537. The van der Waals surface area contributed by atoms with E-state index < -0.39 is 0 Å². The van der Waals surface area contributed by atoms with E-state index >= 15 is 0 Å². The predicted octanol–water partition coefficient (Wildman–Crippen LogP) is 5.15. The van der Waals surface area contributed by atoms with Gasteiger partial charge in [-0.3, -0.25) is 4.98 Å². The van der Waals surface area contributed by atoms with E-state index in [2.05, 4.69) is 11.9 Å². The molecule has 2 aromatic rings. The first kappa shape index (κ1) is 12.0. The largest absolute Gasteiger partial charge is 0.253 e. The zero-order chi connectivity index (χ0) is 11.7. The zero-order valence-corrected chi connectivity index (χ0v) is 11.0. The number of aryl methyl sites for hydroxylation is 1. The molecule has 16 heavy (non-hydrogen) atoms. The topological polar surface area (TPSA) is 12.9 Å². The minimum absolute atomic E-state index is 0.544. The van der Waals surface area contributed by atoms with Gasteiger partial charge < -0.3 is 0 Å². The van der Waals surface area contributed by atoms with Crippen molar-refractivity contribution < 1.29 is 0 Å². The molecule has 84 valence electrons. The van der Waals surface area contributed by atoms with Crippen molar-refractivity contribution in [3.63, 3.8) is 0 Å². The number of hydrogen-bond donors (Lipinski definition) is 0. The maximum absolute atomic E-state index is 6.19. The monoisotopic (exact) mass is 273 g/mol. The van der Waals surface area contributed by atoms with Gasteiger partial charge in [0.25, 0.3) is 0 Å². The number of hydrogen-bond acceptors (Lipinski definition) is 1. The van der Waals surface area contributed by atoms with Crippen LogP contribution in [0.5, 0.6) is 0 Å². The molecule has 0 amide bonds. The second kappa shape index (κ2) is 4.79. The maximum atomic E-state index is 6.19. The average Bonchev–Trinajstić information content (AvgIpc) is 2.15. The summed E-state index contributed by atoms with van der Waals surface area (Å²) in [5.41, 5.74) is 1.73. The molecule has 1 nitrogen and oxygen atoms in total. The van der Waals surface area contributed by atoms with Crippen LogP contribution in [0.1, 0.15) is 19.0 Å². The lowest BCUT2D eigenvalue weighted by atomic mass is 10.1. The van der Waals surface area contributed by atoms with E-state index in [1.165, 1.54) is 0 Å². The van der Waals surface area contributed by atoms with Crippen LogP contribution >= 0.6 is 34.8 Å². The van der Waals surface area contributed by atoms with Crippen molar-refractivity contribution in [1.82, 2.24) is 4.98 Å². The normalized spacial score (nSPS) is 11.0. The molecule has 0 N–H and O–H groups in total. The second-order valence-corrected chi connectivity index (χ2v) is 4.88. The van der Waals surface area contributed by atoms with Crippen LogP contribution in [-0.4, -0.2) is 4.98 Å². The molecule has 1 aromatic carbocycles. The van der Waals surface area contributed by atoms with Gasteiger partial charge >= 0.3 is 0 Å². The number of pyridine rings is 1. The molecule has 2 rings (SSSR count). The van der Waals surface area contributed by atoms with Crippen molar-refractivity contribution in [1.29, 1.82) is 0 Å². The fourth-order valence-electron chi connectivity index (χ4n) is 1.67. The fraction of sp³-hybridized carbons (Fsp3) is 0.250. The molecule has 1 aromatic heterocycles. The summed E-state index contributed by atoms with van der Waals surface area (Å²) in [6.07, 6.45) is 1.93. The highest BCUT2D eigenvalue weighted by Crippen LogP contribution is 2.32. The third kappa shape index (κ3) is 2.27. The zero-order valence-electron chi connectivity index (χ0n) is 8.73. The van der Waals surface area contributed by atoms with Gasteiger partial charge in [-0.25, -0.2) is 0 Å². The molecule has 0 saturated heterocycles. The van der Waals surface area contributed by atoms with Gasteiger partial charge in [-0.1, -0.05) is 48.1 Å². The van der Waals surface area contributed by atoms with Crippen LogP contribution < -0.4 is 0 Å². The molecule has 0 aliphatic heterocycles. The minimum atomic E-state index is 0.544. The molecule has 0 aliphatic carbocycles. The number of rotatable bonds is 2. The molecule has 0 fully saturated rings. The van der Waals surface area contributed by atoms with Crippen LogP contribution in [-0.2, 0) is 6.42 Å². The van der Waals surface area contributed by atoms with Crippen molar-refractivity contribution >= 4 is 45.7 Å². The minimum Gasteiger partial charge on any atom is -0.253 e. The van der Waals surface area contributed by atoms with Crippen LogP contribution in [0, 0.1) is 0 Å². The molecular weight excluding hydrogens is 264 g/mol.